The van der Waals surface area contributed by atoms with Gasteiger partial charge < -0.3 is 15.8 Å². The summed E-state index contributed by atoms with van der Waals surface area (Å²) in [5.41, 5.74) is 8.82. The third-order valence-electron chi connectivity index (χ3n) is 3.16. The van der Waals surface area contributed by atoms with Crippen LogP contribution in [-0.4, -0.2) is 17.3 Å². The summed E-state index contributed by atoms with van der Waals surface area (Å²) in [6, 6.07) is 9.14. The van der Waals surface area contributed by atoms with Crippen molar-refractivity contribution in [3.05, 3.63) is 53.3 Å². The Labute approximate surface area is 137 Å². The van der Waals surface area contributed by atoms with Gasteiger partial charge in [-0.25, -0.2) is 4.99 Å². The van der Waals surface area contributed by atoms with Crippen LogP contribution < -0.4 is 15.8 Å². The lowest BCUT2D eigenvalue weighted by molar-refractivity contribution is -0.274. The van der Waals surface area contributed by atoms with Crippen LogP contribution in [0.3, 0.4) is 0 Å². The molecule has 0 saturated heterocycles. The Morgan fingerprint density at radius 3 is 2.67 bits per heavy atom. The Morgan fingerprint density at radius 2 is 2.00 bits per heavy atom. The molecule has 0 fully saturated rings. The first-order valence-corrected chi connectivity index (χ1v) is 7.09. The maximum absolute atomic E-state index is 12.2. The summed E-state index contributed by atoms with van der Waals surface area (Å²) in [5, 5.41) is 2.72. The smallest absolute Gasteiger partial charge is 0.406 e. The monoisotopic (exact) mass is 338 g/mol. The van der Waals surface area contributed by atoms with E-state index in [1.165, 1.54) is 18.2 Å². The van der Waals surface area contributed by atoms with Crippen molar-refractivity contribution in [2.45, 2.75) is 26.8 Å². The van der Waals surface area contributed by atoms with E-state index in [2.05, 4.69) is 20.0 Å². The van der Waals surface area contributed by atoms with E-state index in [0.29, 0.717) is 5.69 Å². The second-order valence-electron chi connectivity index (χ2n) is 5.11. The molecule has 0 bridgehead atoms. The van der Waals surface area contributed by atoms with Gasteiger partial charge in [0.15, 0.2) is 5.96 Å². The minimum atomic E-state index is -4.74. The first-order valence-electron chi connectivity index (χ1n) is 7.09. The number of nitrogens with two attached hydrogens (primary N) is 1. The summed E-state index contributed by atoms with van der Waals surface area (Å²) in [5.74, 6) is -0.268. The molecule has 2 aromatic rings. The number of aliphatic imine (C=N–C) groups is 1. The van der Waals surface area contributed by atoms with E-state index in [1.807, 2.05) is 26.0 Å². The van der Waals surface area contributed by atoms with Crippen molar-refractivity contribution in [3.8, 4) is 5.75 Å². The van der Waals surface area contributed by atoms with Gasteiger partial charge in [0.2, 0.25) is 0 Å². The number of aryl methyl sites for hydroxylation is 2. The molecular formula is C16H17F3N4O. The average molecular weight is 338 g/mol. The summed E-state index contributed by atoms with van der Waals surface area (Å²) in [6.45, 7) is 4.12. The molecule has 0 saturated carbocycles. The van der Waals surface area contributed by atoms with E-state index in [9.17, 15) is 13.2 Å². The predicted octanol–water partition coefficient (Wildman–Crippen LogP) is 3.52. The number of anilines is 1. The number of guanidine groups is 1. The van der Waals surface area contributed by atoms with Crippen LogP contribution in [0.15, 0.2) is 41.4 Å². The Balaban J connectivity index is 2.02. The number of hydrogen-bond acceptors (Lipinski definition) is 3. The molecule has 1 aromatic heterocycles. The molecule has 128 valence electrons. The van der Waals surface area contributed by atoms with Gasteiger partial charge in [-0.3, -0.25) is 4.98 Å². The molecule has 0 amide bonds. The van der Waals surface area contributed by atoms with Crippen LogP contribution in [0.1, 0.15) is 17.0 Å². The van der Waals surface area contributed by atoms with Crippen molar-refractivity contribution < 1.29 is 17.9 Å². The molecule has 1 heterocycles. The van der Waals surface area contributed by atoms with E-state index in [0.717, 1.165) is 17.0 Å². The zero-order valence-electron chi connectivity index (χ0n) is 13.2. The highest BCUT2D eigenvalue weighted by molar-refractivity contribution is 5.92. The topological polar surface area (TPSA) is 72.5 Å². The van der Waals surface area contributed by atoms with Crippen molar-refractivity contribution in [1.82, 2.24) is 4.98 Å². The highest BCUT2D eigenvalue weighted by Crippen LogP contribution is 2.24. The van der Waals surface area contributed by atoms with Crippen molar-refractivity contribution in [2.75, 3.05) is 5.32 Å². The predicted molar refractivity (Wildman–Crippen MR) is 85.8 cm³/mol. The number of rotatable bonds is 4. The molecular weight excluding hydrogens is 321 g/mol. The van der Waals surface area contributed by atoms with Gasteiger partial charge in [-0.05, 0) is 37.6 Å². The lowest BCUT2D eigenvalue weighted by atomic mass is 10.2. The minimum absolute atomic E-state index is 0.0687. The molecule has 0 radical (unpaired) electrons. The number of halogens is 3. The zero-order chi connectivity index (χ0) is 17.7. The molecule has 0 unspecified atom stereocenters. The van der Waals surface area contributed by atoms with Gasteiger partial charge in [-0.15, -0.1) is 13.2 Å². The summed E-state index contributed by atoms with van der Waals surface area (Å²) in [7, 11) is 0. The molecule has 1 aromatic carbocycles. The molecule has 0 aliphatic heterocycles. The summed E-state index contributed by atoms with van der Waals surface area (Å²) in [4.78, 5) is 8.49. The maximum atomic E-state index is 12.2. The second kappa shape index (κ2) is 7.20. The van der Waals surface area contributed by atoms with E-state index < -0.39 is 6.36 Å². The number of hydrogen-bond donors (Lipinski definition) is 2. The molecule has 2 rings (SSSR count). The fraction of sp³-hybridized carbons (Fsp3) is 0.250. The van der Waals surface area contributed by atoms with Gasteiger partial charge in [-0.1, -0.05) is 12.1 Å². The summed E-state index contributed by atoms with van der Waals surface area (Å²) in [6.07, 6.45) is -4.74. The largest absolute Gasteiger partial charge is 0.573 e. The van der Waals surface area contributed by atoms with Gasteiger partial charge in [0.25, 0.3) is 0 Å². The highest BCUT2D eigenvalue weighted by atomic mass is 19.4. The molecule has 24 heavy (non-hydrogen) atoms. The lowest BCUT2D eigenvalue weighted by Gasteiger charge is -2.11. The summed E-state index contributed by atoms with van der Waals surface area (Å²) < 4.78 is 40.5. The Kier molecular flexibility index (Phi) is 5.28. The fourth-order valence-corrected chi connectivity index (χ4v) is 1.90. The number of aromatic nitrogens is 1. The highest BCUT2D eigenvalue weighted by Gasteiger charge is 2.31. The fourth-order valence-electron chi connectivity index (χ4n) is 1.90. The van der Waals surface area contributed by atoms with Crippen LogP contribution in [0.4, 0.5) is 18.9 Å². The van der Waals surface area contributed by atoms with Gasteiger partial charge in [-0.2, -0.15) is 0 Å². The maximum Gasteiger partial charge on any atom is 0.573 e. The van der Waals surface area contributed by atoms with Crippen molar-refractivity contribution >= 4 is 11.6 Å². The molecule has 5 nitrogen and oxygen atoms in total. The van der Waals surface area contributed by atoms with Crippen LogP contribution in [0.2, 0.25) is 0 Å². The molecule has 0 atom stereocenters. The van der Waals surface area contributed by atoms with Crippen molar-refractivity contribution in [2.24, 2.45) is 10.7 Å². The second-order valence-corrected chi connectivity index (χ2v) is 5.11. The number of benzene rings is 1. The number of nitrogens with one attached hydrogen (secondary N) is 1. The van der Waals surface area contributed by atoms with Crippen LogP contribution in [0.5, 0.6) is 5.75 Å². The van der Waals surface area contributed by atoms with Gasteiger partial charge in [0.1, 0.15) is 5.75 Å². The lowest BCUT2D eigenvalue weighted by Crippen LogP contribution is -2.23. The van der Waals surface area contributed by atoms with E-state index in [-0.39, 0.29) is 18.3 Å². The number of ether oxygens (including phenoxy) is 1. The van der Waals surface area contributed by atoms with Gasteiger partial charge >= 0.3 is 6.36 Å². The number of pyridine rings is 1. The average Bonchev–Trinajstić information content (AvgIpc) is 2.47. The molecule has 0 spiro atoms. The SMILES string of the molecule is Cc1ccc(CN=C(N)Nc2cccc(OC(F)(F)F)c2)nc1C. The Hall–Kier alpha value is -2.77. The Bertz CT molecular complexity index is 744. The van der Waals surface area contributed by atoms with Gasteiger partial charge in [0, 0.05) is 17.4 Å². The molecule has 8 heteroatoms. The Morgan fingerprint density at radius 1 is 1.25 bits per heavy atom. The third kappa shape index (κ3) is 5.45. The molecule has 0 aliphatic carbocycles. The van der Waals surface area contributed by atoms with Crippen LogP contribution >= 0.6 is 0 Å². The van der Waals surface area contributed by atoms with Gasteiger partial charge in [0.05, 0.1) is 12.2 Å². The van der Waals surface area contributed by atoms with Crippen molar-refractivity contribution in [1.29, 1.82) is 0 Å². The standard InChI is InChI=1S/C16H17F3N4O/c1-10-6-7-13(22-11(10)2)9-21-15(20)23-12-4-3-5-14(8-12)24-16(17,18)19/h3-8H,9H2,1-2H3,(H3,20,21,23). The van der Waals surface area contributed by atoms with Crippen LogP contribution in [0.25, 0.3) is 0 Å². The van der Waals surface area contributed by atoms with E-state index in [1.54, 1.807) is 6.07 Å². The van der Waals surface area contributed by atoms with Crippen molar-refractivity contribution in [3.63, 3.8) is 0 Å². The normalized spacial score (nSPS) is 12.1. The van der Waals surface area contributed by atoms with E-state index in [4.69, 9.17) is 5.73 Å². The first-order chi connectivity index (χ1) is 11.2. The molecule has 0 aliphatic rings. The molecule has 3 N–H and O–H groups in total. The quantitative estimate of drug-likeness (QED) is 0.661. The van der Waals surface area contributed by atoms with Crippen LogP contribution in [0, 0.1) is 13.8 Å². The van der Waals surface area contributed by atoms with Crippen LogP contribution in [-0.2, 0) is 6.54 Å². The summed E-state index contributed by atoms with van der Waals surface area (Å²) >= 11 is 0. The number of alkyl halides is 3. The number of nitrogens with zero attached hydrogens (tertiary/aromatic N) is 2. The zero-order valence-corrected chi connectivity index (χ0v) is 13.2. The first kappa shape index (κ1) is 17.6. The minimum Gasteiger partial charge on any atom is -0.406 e. The third-order valence-corrected chi connectivity index (χ3v) is 3.16. The van der Waals surface area contributed by atoms with E-state index >= 15 is 0 Å².